The maximum absolute atomic E-state index is 12.9. The van der Waals surface area contributed by atoms with Gasteiger partial charge in [0.2, 0.25) is 0 Å². The van der Waals surface area contributed by atoms with Crippen molar-refractivity contribution in [2.45, 2.75) is 44.4 Å². The van der Waals surface area contributed by atoms with Crippen molar-refractivity contribution < 1.29 is 22.7 Å². The molecule has 4 nitrogen and oxygen atoms in total. The van der Waals surface area contributed by atoms with E-state index in [1.165, 1.54) is 6.07 Å². The van der Waals surface area contributed by atoms with Crippen LogP contribution in [0.3, 0.4) is 0 Å². The monoisotopic (exact) mass is 356 g/mol. The molecule has 0 radical (unpaired) electrons. The Kier molecular flexibility index (Phi) is 5.22. The lowest BCUT2D eigenvalue weighted by Crippen LogP contribution is -2.44. The van der Waals surface area contributed by atoms with Crippen LogP contribution in [0, 0.1) is 5.92 Å². The number of urea groups is 1. The summed E-state index contributed by atoms with van der Waals surface area (Å²) in [6.45, 7) is 3.74. The van der Waals surface area contributed by atoms with Crippen LogP contribution in [-0.4, -0.2) is 36.7 Å². The minimum absolute atomic E-state index is 0.209. The molecule has 2 unspecified atom stereocenters. The number of hydrogen-bond donors (Lipinski definition) is 1. The minimum Gasteiger partial charge on any atom is -0.381 e. The van der Waals surface area contributed by atoms with Crippen LogP contribution in [0.2, 0.25) is 0 Å². The molecule has 1 N–H and O–H groups in total. The molecule has 0 aromatic heterocycles. The number of nitrogens with zero attached hydrogens (tertiary/aromatic N) is 1. The number of amides is 2. The van der Waals surface area contributed by atoms with Gasteiger partial charge in [-0.1, -0.05) is 12.1 Å². The number of carbonyl (C=O) groups is 1. The predicted molar refractivity (Wildman–Crippen MR) is 87.0 cm³/mol. The topological polar surface area (TPSA) is 41.6 Å². The molecule has 138 valence electrons. The van der Waals surface area contributed by atoms with E-state index in [-0.39, 0.29) is 12.1 Å². The number of carbonyl (C=O) groups excluding carboxylic acids is 1. The Balaban J connectivity index is 1.64. The van der Waals surface area contributed by atoms with Gasteiger partial charge in [-0.25, -0.2) is 4.79 Å². The Bertz CT molecular complexity index is 611. The standard InChI is InChI=1S/C18H23F3N2O2/c1-12(14-3-2-4-15(9-14)18(19,20)21)22-17(24)23(16-5-6-16)10-13-7-8-25-11-13/h2-4,9,12-13,16H,5-8,10-11H2,1H3,(H,22,24). The summed E-state index contributed by atoms with van der Waals surface area (Å²) in [5.74, 6) is 0.343. The van der Waals surface area contributed by atoms with Crippen LogP contribution in [0.4, 0.5) is 18.0 Å². The maximum Gasteiger partial charge on any atom is 0.416 e. The number of hydrogen-bond acceptors (Lipinski definition) is 2. The number of rotatable bonds is 5. The van der Waals surface area contributed by atoms with Crippen molar-refractivity contribution in [3.8, 4) is 0 Å². The van der Waals surface area contributed by atoms with Crippen molar-refractivity contribution in [2.24, 2.45) is 5.92 Å². The van der Waals surface area contributed by atoms with E-state index in [2.05, 4.69) is 5.32 Å². The summed E-state index contributed by atoms with van der Waals surface area (Å²) in [5.41, 5.74) is -0.253. The van der Waals surface area contributed by atoms with Crippen molar-refractivity contribution in [1.29, 1.82) is 0 Å². The van der Waals surface area contributed by atoms with Gasteiger partial charge in [0.15, 0.2) is 0 Å². The average molecular weight is 356 g/mol. The second-order valence-corrected chi connectivity index (χ2v) is 6.91. The zero-order valence-corrected chi connectivity index (χ0v) is 14.2. The molecule has 2 aliphatic rings. The third-order valence-corrected chi connectivity index (χ3v) is 4.78. The minimum atomic E-state index is -4.39. The van der Waals surface area contributed by atoms with Gasteiger partial charge in [0.25, 0.3) is 0 Å². The van der Waals surface area contributed by atoms with E-state index < -0.39 is 17.8 Å². The van der Waals surface area contributed by atoms with Crippen molar-refractivity contribution in [3.05, 3.63) is 35.4 Å². The molecule has 1 saturated heterocycles. The molecule has 1 aromatic carbocycles. The van der Waals surface area contributed by atoms with Gasteiger partial charge in [-0.2, -0.15) is 13.2 Å². The number of alkyl halides is 3. The van der Waals surface area contributed by atoms with Gasteiger partial charge in [-0.3, -0.25) is 0 Å². The fourth-order valence-electron chi connectivity index (χ4n) is 3.13. The second kappa shape index (κ2) is 7.23. The quantitative estimate of drug-likeness (QED) is 0.867. The highest BCUT2D eigenvalue weighted by Gasteiger charge is 2.35. The molecule has 7 heteroatoms. The van der Waals surface area contributed by atoms with Crippen LogP contribution < -0.4 is 5.32 Å². The van der Waals surface area contributed by atoms with E-state index in [9.17, 15) is 18.0 Å². The van der Waals surface area contributed by atoms with Gasteiger partial charge >= 0.3 is 12.2 Å². The maximum atomic E-state index is 12.9. The first-order chi connectivity index (χ1) is 11.8. The highest BCUT2D eigenvalue weighted by molar-refractivity contribution is 5.75. The van der Waals surface area contributed by atoms with Crippen LogP contribution in [-0.2, 0) is 10.9 Å². The molecule has 25 heavy (non-hydrogen) atoms. The molecule has 1 heterocycles. The van der Waals surface area contributed by atoms with Crippen LogP contribution in [0.5, 0.6) is 0 Å². The Labute approximate surface area is 145 Å². The summed E-state index contributed by atoms with van der Waals surface area (Å²) in [7, 11) is 0. The highest BCUT2D eigenvalue weighted by Crippen LogP contribution is 2.32. The largest absolute Gasteiger partial charge is 0.416 e. The van der Waals surface area contributed by atoms with E-state index >= 15 is 0 Å². The van der Waals surface area contributed by atoms with Crippen molar-refractivity contribution in [3.63, 3.8) is 0 Å². The number of nitrogens with one attached hydrogen (secondary N) is 1. The zero-order valence-electron chi connectivity index (χ0n) is 14.2. The summed E-state index contributed by atoms with van der Waals surface area (Å²) < 4.78 is 43.9. The molecule has 1 aromatic rings. The number of halogens is 3. The number of benzene rings is 1. The fourth-order valence-corrected chi connectivity index (χ4v) is 3.13. The van der Waals surface area contributed by atoms with Gasteiger partial charge in [0.05, 0.1) is 18.2 Å². The van der Waals surface area contributed by atoms with Crippen molar-refractivity contribution >= 4 is 6.03 Å². The first kappa shape index (κ1) is 18.0. The molecule has 0 bridgehead atoms. The second-order valence-electron chi connectivity index (χ2n) is 6.91. The summed E-state index contributed by atoms with van der Waals surface area (Å²) in [5, 5.41) is 2.85. The Hall–Kier alpha value is -1.76. The van der Waals surface area contributed by atoms with Gasteiger partial charge in [-0.05, 0) is 43.9 Å². The van der Waals surface area contributed by atoms with Crippen LogP contribution in [0.1, 0.15) is 43.4 Å². The molecule has 3 rings (SSSR count). The lowest BCUT2D eigenvalue weighted by atomic mass is 10.0. The third kappa shape index (κ3) is 4.66. The molecule has 1 aliphatic heterocycles. The number of ether oxygens (including phenoxy) is 1. The van der Waals surface area contributed by atoms with Crippen LogP contribution >= 0.6 is 0 Å². The molecule has 2 amide bonds. The molecule has 1 saturated carbocycles. The summed E-state index contributed by atoms with van der Waals surface area (Å²) in [6.07, 6.45) is -1.47. The van der Waals surface area contributed by atoms with Gasteiger partial charge in [0, 0.05) is 25.1 Å². The van der Waals surface area contributed by atoms with Crippen molar-refractivity contribution in [1.82, 2.24) is 10.2 Å². The normalized spacial score (nSPS) is 21.8. The highest BCUT2D eigenvalue weighted by atomic mass is 19.4. The lowest BCUT2D eigenvalue weighted by molar-refractivity contribution is -0.137. The summed E-state index contributed by atoms with van der Waals surface area (Å²) in [4.78, 5) is 14.5. The van der Waals surface area contributed by atoms with Gasteiger partial charge < -0.3 is 15.0 Å². The first-order valence-corrected chi connectivity index (χ1v) is 8.66. The molecule has 2 atom stereocenters. The smallest absolute Gasteiger partial charge is 0.381 e. The molecule has 2 fully saturated rings. The first-order valence-electron chi connectivity index (χ1n) is 8.66. The lowest BCUT2D eigenvalue weighted by Gasteiger charge is -2.27. The summed E-state index contributed by atoms with van der Waals surface area (Å²) >= 11 is 0. The van der Waals surface area contributed by atoms with Gasteiger partial charge in [-0.15, -0.1) is 0 Å². The van der Waals surface area contributed by atoms with E-state index in [1.807, 2.05) is 4.90 Å². The Morgan fingerprint density at radius 3 is 2.72 bits per heavy atom. The van der Waals surface area contributed by atoms with Crippen LogP contribution in [0.25, 0.3) is 0 Å². The van der Waals surface area contributed by atoms with E-state index in [4.69, 9.17) is 4.74 Å². The van der Waals surface area contributed by atoms with Crippen molar-refractivity contribution in [2.75, 3.05) is 19.8 Å². The SMILES string of the molecule is CC(NC(=O)N(CC1CCOC1)C1CC1)c1cccc(C(F)(F)F)c1. The van der Waals surface area contributed by atoms with E-state index in [1.54, 1.807) is 13.0 Å². The zero-order chi connectivity index (χ0) is 18.0. The molecular formula is C18H23F3N2O2. The van der Waals surface area contributed by atoms with E-state index in [0.29, 0.717) is 24.6 Å². The van der Waals surface area contributed by atoms with E-state index in [0.717, 1.165) is 38.0 Å². The predicted octanol–water partition coefficient (Wildman–Crippen LogP) is 3.98. The Morgan fingerprint density at radius 2 is 2.12 bits per heavy atom. The van der Waals surface area contributed by atoms with Gasteiger partial charge in [0.1, 0.15) is 0 Å². The third-order valence-electron chi connectivity index (χ3n) is 4.78. The Morgan fingerprint density at radius 1 is 1.36 bits per heavy atom. The summed E-state index contributed by atoms with van der Waals surface area (Å²) in [6, 6.07) is 4.65. The molecule has 1 aliphatic carbocycles. The molecular weight excluding hydrogens is 333 g/mol. The fraction of sp³-hybridized carbons (Fsp3) is 0.611. The molecule has 0 spiro atoms. The van der Waals surface area contributed by atoms with Crippen LogP contribution in [0.15, 0.2) is 24.3 Å². The average Bonchev–Trinajstić information content (AvgIpc) is 3.27.